The Morgan fingerprint density at radius 3 is 2.54 bits per heavy atom. The molecule has 1 saturated heterocycles. The molecule has 0 saturated carbocycles. The van der Waals surface area contributed by atoms with Crippen LogP contribution in [0.2, 0.25) is 0 Å². The molecule has 8 nitrogen and oxygen atoms in total. The minimum atomic E-state index is -0.0177. The Bertz CT molecular complexity index is 1310. The molecule has 1 N–H and O–H groups in total. The van der Waals surface area contributed by atoms with Gasteiger partial charge in [-0.25, -0.2) is 9.50 Å². The summed E-state index contributed by atoms with van der Waals surface area (Å²) < 4.78 is 12.5. The number of hydrogen-bond donors (Lipinski definition) is 1. The zero-order chi connectivity index (χ0) is 24.2. The fraction of sp³-hybridized carbons (Fsp3) is 0.296. The van der Waals surface area contributed by atoms with Crippen LogP contribution in [0.3, 0.4) is 0 Å². The van der Waals surface area contributed by atoms with E-state index in [1.807, 2.05) is 47.1 Å². The van der Waals surface area contributed by atoms with Crippen LogP contribution < -0.4 is 19.7 Å². The number of anilines is 1. The second-order valence-electron chi connectivity index (χ2n) is 8.64. The molecule has 1 aliphatic rings. The first-order valence-corrected chi connectivity index (χ1v) is 11.8. The molecule has 5 rings (SSSR count). The lowest BCUT2D eigenvalue weighted by atomic mass is 9.95. The van der Waals surface area contributed by atoms with Gasteiger partial charge in [0.2, 0.25) is 5.91 Å². The average Bonchev–Trinajstić information content (AvgIpc) is 3.37. The van der Waals surface area contributed by atoms with E-state index in [4.69, 9.17) is 14.6 Å². The number of amides is 1. The molecule has 3 heterocycles. The summed E-state index contributed by atoms with van der Waals surface area (Å²) in [5.41, 5.74) is 3.94. The Labute approximate surface area is 204 Å². The van der Waals surface area contributed by atoms with Gasteiger partial charge >= 0.3 is 0 Å². The Hall–Kier alpha value is -4.07. The molecule has 180 valence electrons. The predicted octanol–water partition coefficient (Wildman–Crippen LogP) is 3.95. The SMILES string of the molecule is COc1ccc(CNC(=O)C2CCN(c3nccn4nc(-c5ccccc5)cc34)CC2)cc1OC. The summed E-state index contributed by atoms with van der Waals surface area (Å²) in [7, 11) is 3.21. The molecule has 2 aromatic heterocycles. The molecule has 0 spiro atoms. The van der Waals surface area contributed by atoms with Gasteiger partial charge in [0.15, 0.2) is 17.3 Å². The summed E-state index contributed by atoms with van der Waals surface area (Å²) in [5.74, 6) is 2.31. The first-order valence-electron chi connectivity index (χ1n) is 11.8. The molecule has 8 heteroatoms. The lowest BCUT2D eigenvalue weighted by molar-refractivity contribution is -0.125. The Kier molecular flexibility index (Phi) is 6.52. The number of benzene rings is 2. The summed E-state index contributed by atoms with van der Waals surface area (Å²) in [5, 5.41) is 7.81. The average molecular weight is 472 g/mol. The van der Waals surface area contributed by atoms with Crippen LogP contribution in [-0.4, -0.2) is 47.8 Å². The van der Waals surface area contributed by atoms with Crippen molar-refractivity contribution in [2.45, 2.75) is 19.4 Å². The molecule has 35 heavy (non-hydrogen) atoms. The number of nitrogens with one attached hydrogen (secondary N) is 1. The van der Waals surface area contributed by atoms with E-state index in [1.165, 1.54) is 0 Å². The van der Waals surface area contributed by atoms with Gasteiger partial charge in [-0.15, -0.1) is 0 Å². The molecule has 4 aromatic rings. The molecular weight excluding hydrogens is 442 g/mol. The van der Waals surface area contributed by atoms with Gasteiger partial charge in [0.05, 0.1) is 19.9 Å². The number of piperidine rings is 1. The quantitative estimate of drug-likeness (QED) is 0.440. The van der Waals surface area contributed by atoms with Crippen molar-refractivity contribution < 1.29 is 14.3 Å². The first-order chi connectivity index (χ1) is 17.2. The number of hydrogen-bond acceptors (Lipinski definition) is 6. The second-order valence-corrected chi connectivity index (χ2v) is 8.64. The highest BCUT2D eigenvalue weighted by Crippen LogP contribution is 2.29. The number of ether oxygens (including phenoxy) is 2. The Morgan fingerprint density at radius 2 is 1.80 bits per heavy atom. The van der Waals surface area contributed by atoms with Crippen molar-refractivity contribution in [3.05, 3.63) is 72.6 Å². The number of fused-ring (bicyclic) bond motifs is 1. The monoisotopic (exact) mass is 471 g/mol. The maximum absolute atomic E-state index is 12.8. The number of carbonyl (C=O) groups excluding carboxylic acids is 1. The number of aromatic nitrogens is 3. The van der Waals surface area contributed by atoms with Gasteiger partial charge in [0.25, 0.3) is 0 Å². The van der Waals surface area contributed by atoms with Crippen molar-refractivity contribution in [2.24, 2.45) is 5.92 Å². The third-order valence-electron chi connectivity index (χ3n) is 6.52. The number of methoxy groups -OCH3 is 2. The van der Waals surface area contributed by atoms with Gasteiger partial charge in [0.1, 0.15) is 5.52 Å². The molecular formula is C27H29N5O3. The number of nitrogens with zero attached hydrogens (tertiary/aromatic N) is 4. The van der Waals surface area contributed by atoms with Gasteiger partial charge < -0.3 is 19.7 Å². The third-order valence-corrected chi connectivity index (χ3v) is 6.52. The molecule has 1 aliphatic heterocycles. The van der Waals surface area contributed by atoms with Crippen LogP contribution in [0.1, 0.15) is 18.4 Å². The topological polar surface area (TPSA) is 81.0 Å². The van der Waals surface area contributed by atoms with Crippen LogP contribution in [0.5, 0.6) is 11.5 Å². The highest BCUT2D eigenvalue weighted by molar-refractivity contribution is 5.79. The first kappa shape index (κ1) is 22.7. The maximum Gasteiger partial charge on any atom is 0.223 e. The fourth-order valence-electron chi connectivity index (χ4n) is 4.58. The maximum atomic E-state index is 12.8. The number of rotatable bonds is 7. The lowest BCUT2D eigenvalue weighted by Crippen LogP contribution is -2.40. The van der Waals surface area contributed by atoms with E-state index in [0.29, 0.717) is 18.0 Å². The molecule has 2 aromatic carbocycles. The predicted molar refractivity (Wildman–Crippen MR) is 135 cm³/mol. The third kappa shape index (κ3) is 4.77. The van der Waals surface area contributed by atoms with Crippen molar-refractivity contribution in [1.82, 2.24) is 19.9 Å². The fourth-order valence-corrected chi connectivity index (χ4v) is 4.58. The van der Waals surface area contributed by atoms with Gasteiger partial charge in [-0.3, -0.25) is 4.79 Å². The van der Waals surface area contributed by atoms with Gasteiger partial charge in [-0.1, -0.05) is 36.4 Å². The largest absolute Gasteiger partial charge is 0.493 e. The summed E-state index contributed by atoms with van der Waals surface area (Å²) in [6, 6.07) is 17.9. The van der Waals surface area contributed by atoms with Crippen LogP contribution >= 0.6 is 0 Å². The molecule has 1 amide bonds. The highest BCUT2D eigenvalue weighted by atomic mass is 16.5. The number of carbonyl (C=O) groups is 1. The summed E-state index contributed by atoms with van der Waals surface area (Å²) in [6.07, 6.45) is 5.21. The Morgan fingerprint density at radius 1 is 1.03 bits per heavy atom. The molecule has 1 fully saturated rings. The van der Waals surface area contributed by atoms with E-state index in [0.717, 1.165) is 54.1 Å². The molecule has 0 aliphatic carbocycles. The summed E-state index contributed by atoms with van der Waals surface area (Å²) in [6.45, 7) is 2.00. The second kappa shape index (κ2) is 10.0. The molecule has 0 bridgehead atoms. The minimum absolute atomic E-state index is 0.0177. The molecule has 0 radical (unpaired) electrons. The van der Waals surface area contributed by atoms with Crippen LogP contribution in [0.15, 0.2) is 67.0 Å². The van der Waals surface area contributed by atoms with E-state index in [1.54, 1.807) is 20.4 Å². The van der Waals surface area contributed by atoms with Crippen LogP contribution in [0, 0.1) is 5.92 Å². The minimum Gasteiger partial charge on any atom is -0.493 e. The van der Waals surface area contributed by atoms with Gasteiger partial charge in [0, 0.05) is 43.5 Å². The van der Waals surface area contributed by atoms with Crippen molar-refractivity contribution in [2.75, 3.05) is 32.2 Å². The van der Waals surface area contributed by atoms with Gasteiger partial charge in [-0.05, 0) is 36.6 Å². The van der Waals surface area contributed by atoms with E-state index in [2.05, 4.69) is 33.4 Å². The van der Waals surface area contributed by atoms with E-state index in [9.17, 15) is 4.79 Å². The standard InChI is InChI=1S/C27H29N5O3/c1-34-24-9-8-19(16-25(24)35-2)18-29-27(33)21-10-13-31(14-11-21)26-23-17-22(20-6-4-3-5-7-20)30-32(23)15-12-28-26/h3-9,12,15-17,21H,10-11,13-14,18H2,1-2H3,(H,29,33). The molecule has 0 atom stereocenters. The zero-order valence-corrected chi connectivity index (χ0v) is 20.0. The van der Waals surface area contributed by atoms with Crippen molar-refractivity contribution in [3.63, 3.8) is 0 Å². The zero-order valence-electron chi connectivity index (χ0n) is 20.0. The Balaban J connectivity index is 1.22. The highest BCUT2D eigenvalue weighted by Gasteiger charge is 2.27. The van der Waals surface area contributed by atoms with Crippen LogP contribution in [-0.2, 0) is 11.3 Å². The van der Waals surface area contributed by atoms with Gasteiger partial charge in [-0.2, -0.15) is 5.10 Å². The molecule has 0 unspecified atom stereocenters. The lowest BCUT2D eigenvalue weighted by Gasteiger charge is -2.32. The van der Waals surface area contributed by atoms with Crippen molar-refractivity contribution >= 4 is 17.2 Å². The van der Waals surface area contributed by atoms with Crippen LogP contribution in [0.25, 0.3) is 16.8 Å². The van der Waals surface area contributed by atoms with E-state index in [-0.39, 0.29) is 11.8 Å². The van der Waals surface area contributed by atoms with E-state index < -0.39 is 0 Å². The summed E-state index contributed by atoms with van der Waals surface area (Å²) in [4.78, 5) is 19.8. The van der Waals surface area contributed by atoms with Crippen LogP contribution in [0.4, 0.5) is 5.82 Å². The summed E-state index contributed by atoms with van der Waals surface area (Å²) >= 11 is 0. The normalized spacial score (nSPS) is 14.2. The van der Waals surface area contributed by atoms with Crippen molar-refractivity contribution in [3.8, 4) is 22.8 Å². The van der Waals surface area contributed by atoms with E-state index >= 15 is 0 Å². The van der Waals surface area contributed by atoms with Crippen molar-refractivity contribution in [1.29, 1.82) is 0 Å². The smallest absolute Gasteiger partial charge is 0.223 e.